The second-order valence-electron chi connectivity index (χ2n) is 3.27. The number of anilines is 2. The molecule has 0 saturated carbocycles. The second-order valence-corrected chi connectivity index (χ2v) is 3.68. The van der Waals surface area contributed by atoms with E-state index in [1.165, 1.54) is 0 Å². The molecule has 0 aliphatic heterocycles. The van der Waals surface area contributed by atoms with Crippen LogP contribution < -0.4 is 10.1 Å². The van der Waals surface area contributed by atoms with E-state index in [0.717, 1.165) is 5.69 Å². The van der Waals surface area contributed by atoms with Crippen molar-refractivity contribution in [3.05, 3.63) is 41.7 Å². The van der Waals surface area contributed by atoms with E-state index in [-0.39, 0.29) is 0 Å². The van der Waals surface area contributed by atoms with Crippen molar-refractivity contribution in [3.8, 4) is 5.88 Å². The number of aromatic nitrogens is 2. The van der Waals surface area contributed by atoms with Crippen LogP contribution in [0.15, 0.2) is 36.7 Å². The summed E-state index contributed by atoms with van der Waals surface area (Å²) in [6, 6.07) is 7.31. The molecule has 0 aromatic carbocycles. The van der Waals surface area contributed by atoms with Crippen molar-refractivity contribution in [2.24, 2.45) is 0 Å². The Morgan fingerprint density at radius 1 is 1.35 bits per heavy atom. The SMILES string of the molecule is CCOc1cccc(Nc2ccncc2Cl)n1. The summed E-state index contributed by atoms with van der Waals surface area (Å²) in [4.78, 5) is 8.20. The third-order valence-electron chi connectivity index (χ3n) is 2.05. The van der Waals surface area contributed by atoms with Crippen LogP contribution in [-0.4, -0.2) is 16.6 Å². The highest BCUT2D eigenvalue weighted by Gasteiger charge is 2.02. The van der Waals surface area contributed by atoms with Crippen LogP contribution in [0.1, 0.15) is 6.92 Å². The largest absolute Gasteiger partial charge is 0.478 e. The lowest BCUT2D eigenvalue weighted by atomic mass is 10.4. The van der Waals surface area contributed by atoms with Gasteiger partial charge in [-0.25, -0.2) is 0 Å². The Morgan fingerprint density at radius 3 is 3.00 bits per heavy atom. The van der Waals surface area contributed by atoms with Crippen molar-refractivity contribution in [1.29, 1.82) is 0 Å². The van der Waals surface area contributed by atoms with E-state index in [0.29, 0.717) is 23.3 Å². The molecule has 0 spiro atoms. The van der Waals surface area contributed by atoms with Crippen LogP contribution in [0.2, 0.25) is 5.02 Å². The summed E-state index contributed by atoms with van der Waals surface area (Å²) in [6.45, 7) is 2.51. The zero-order valence-electron chi connectivity index (χ0n) is 9.35. The molecule has 0 unspecified atom stereocenters. The average Bonchev–Trinajstić information content (AvgIpc) is 2.33. The third-order valence-corrected chi connectivity index (χ3v) is 2.35. The van der Waals surface area contributed by atoms with Gasteiger partial charge in [-0.15, -0.1) is 0 Å². The number of nitrogens with zero attached hydrogens (tertiary/aromatic N) is 2. The smallest absolute Gasteiger partial charge is 0.215 e. The monoisotopic (exact) mass is 249 g/mol. The standard InChI is InChI=1S/C12H12ClN3O/c1-2-17-12-5-3-4-11(16-12)15-10-6-7-14-8-9(10)13/h3-8H,2H2,1H3,(H,14,15,16). The zero-order chi connectivity index (χ0) is 12.1. The molecule has 4 nitrogen and oxygen atoms in total. The number of rotatable bonds is 4. The van der Waals surface area contributed by atoms with Crippen molar-refractivity contribution in [2.75, 3.05) is 11.9 Å². The summed E-state index contributed by atoms with van der Waals surface area (Å²) in [6.07, 6.45) is 3.25. The Labute approximate surface area is 105 Å². The average molecular weight is 250 g/mol. The van der Waals surface area contributed by atoms with E-state index in [2.05, 4.69) is 15.3 Å². The first-order valence-corrected chi connectivity index (χ1v) is 5.64. The lowest BCUT2D eigenvalue weighted by Crippen LogP contribution is -1.98. The maximum absolute atomic E-state index is 5.99. The maximum atomic E-state index is 5.99. The van der Waals surface area contributed by atoms with Gasteiger partial charge in [-0.05, 0) is 19.1 Å². The Kier molecular flexibility index (Phi) is 3.77. The Bertz CT molecular complexity index is 505. The molecule has 0 aliphatic carbocycles. The zero-order valence-corrected chi connectivity index (χ0v) is 10.1. The Balaban J connectivity index is 2.18. The van der Waals surface area contributed by atoms with Crippen LogP contribution in [0.5, 0.6) is 5.88 Å². The topological polar surface area (TPSA) is 47.0 Å². The molecule has 0 saturated heterocycles. The van der Waals surface area contributed by atoms with Crippen LogP contribution in [0.3, 0.4) is 0 Å². The maximum Gasteiger partial charge on any atom is 0.215 e. The van der Waals surface area contributed by atoms with Crippen LogP contribution in [0.4, 0.5) is 11.5 Å². The first-order valence-electron chi connectivity index (χ1n) is 5.26. The van der Waals surface area contributed by atoms with Gasteiger partial charge in [-0.3, -0.25) is 4.98 Å². The highest BCUT2D eigenvalue weighted by atomic mass is 35.5. The molecule has 5 heteroatoms. The van der Waals surface area contributed by atoms with Crippen LogP contribution in [-0.2, 0) is 0 Å². The number of hydrogen-bond acceptors (Lipinski definition) is 4. The number of hydrogen-bond donors (Lipinski definition) is 1. The summed E-state index contributed by atoms with van der Waals surface area (Å²) in [5.74, 6) is 1.27. The van der Waals surface area contributed by atoms with E-state index in [1.54, 1.807) is 18.5 Å². The molecular weight excluding hydrogens is 238 g/mol. The molecule has 0 radical (unpaired) electrons. The van der Waals surface area contributed by atoms with Crippen LogP contribution in [0, 0.1) is 0 Å². The third kappa shape index (κ3) is 3.07. The Hall–Kier alpha value is -1.81. The lowest BCUT2D eigenvalue weighted by Gasteiger charge is -2.08. The summed E-state index contributed by atoms with van der Waals surface area (Å²) in [7, 11) is 0. The van der Waals surface area contributed by atoms with E-state index in [4.69, 9.17) is 16.3 Å². The summed E-state index contributed by atoms with van der Waals surface area (Å²) in [5, 5.41) is 3.66. The highest BCUT2D eigenvalue weighted by molar-refractivity contribution is 6.33. The van der Waals surface area contributed by atoms with Gasteiger partial charge in [-0.1, -0.05) is 17.7 Å². The molecule has 0 atom stereocenters. The van der Waals surface area contributed by atoms with E-state index >= 15 is 0 Å². The molecule has 2 rings (SSSR count). The summed E-state index contributed by atoms with van der Waals surface area (Å²) < 4.78 is 5.32. The first-order chi connectivity index (χ1) is 8.29. The fourth-order valence-corrected chi connectivity index (χ4v) is 1.49. The lowest BCUT2D eigenvalue weighted by molar-refractivity contribution is 0.327. The van der Waals surface area contributed by atoms with Crippen molar-refractivity contribution >= 4 is 23.1 Å². The second kappa shape index (κ2) is 5.50. The predicted molar refractivity (Wildman–Crippen MR) is 67.9 cm³/mol. The molecule has 0 bridgehead atoms. The number of halogens is 1. The molecule has 1 N–H and O–H groups in total. The Morgan fingerprint density at radius 2 is 2.24 bits per heavy atom. The van der Waals surface area contributed by atoms with Gasteiger partial charge in [0.1, 0.15) is 5.82 Å². The minimum Gasteiger partial charge on any atom is -0.478 e. The molecule has 0 fully saturated rings. The van der Waals surface area contributed by atoms with Gasteiger partial charge in [0.15, 0.2) is 0 Å². The van der Waals surface area contributed by atoms with E-state index < -0.39 is 0 Å². The molecule has 2 aromatic rings. The number of ether oxygens (including phenoxy) is 1. The fraction of sp³-hybridized carbons (Fsp3) is 0.167. The first kappa shape index (κ1) is 11.7. The minimum absolute atomic E-state index is 0.552. The van der Waals surface area contributed by atoms with Gasteiger partial charge in [-0.2, -0.15) is 4.98 Å². The summed E-state index contributed by atoms with van der Waals surface area (Å²) in [5.41, 5.74) is 0.766. The van der Waals surface area contributed by atoms with E-state index in [1.807, 2.05) is 25.1 Å². The van der Waals surface area contributed by atoms with Gasteiger partial charge in [0.2, 0.25) is 5.88 Å². The molecule has 2 heterocycles. The molecule has 0 amide bonds. The molecule has 88 valence electrons. The van der Waals surface area contributed by atoms with Gasteiger partial charge in [0.25, 0.3) is 0 Å². The predicted octanol–water partition coefficient (Wildman–Crippen LogP) is 3.27. The number of pyridine rings is 2. The molecule has 17 heavy (non-hydrogen) atoms. The summed E-state index contributed by atoms with van der Waals surface area (Å²) >= 11 is 5.99. The van der Waals surface area contributed by atoms with Crippen molar-refractivity contribution in [2.45, 2.75) is 6.92 Å². The van der Waals surface area contributed by atoms with Crippen LogP contribution >= 0.6 is 11.6 Å². The molecule has 0 aliphatic rings. The van der Waals surface area contributed by atoms with Crippen molar-refractivity contribution < 1.29 is 4.74 Å². The minimum atomic E-state index is 0.552. The van der Waals surface area contributed by atoms with Gasteiger partial charge >= 0.3 is 0 Å². The van der Waals surface area contributed by atoms with Crippen LogP contribution in [0.25, 0.3) is 0 Å². The normalized spacial score (nSPS) is 10.0. The van der Waals surface area contributed by atoms with Crippen molar-refractivity contribution in [3.63, 3.8) is 0 Å². The quantitative estimate of drug-likeness (QED) is 0.903. The molecular formula is C12H12ClN3O. The van der Waals surface area contributed by atoms with E-state index in [9.17, 15) is 0 Å². The number of nitrogens with one attached hydrogen (secondary N) is 1. The van der Waals surface area contributed by atoms with Gasteiger partial charge < -0.3 is 10.1 Å². The highest BCUT2D eigenvalue weighted by Crippen LogP contribution is 2.23. The van der Waals surface area contributed by atoms with Gasteiger partial charge in [0, 0.05) is 18.5 Å². The molecule has 2 aromatic heterocycles. The van der Waals surface area contributed by atoms with Gasteiger partial charge in [0.05, 0.1) is 17.3 Å². The fourth-order valence-electron chi connectivity index (χ4n) is 1.33. The van der Waals surface area contributed by atoms with Crippen molar-refractivity contribution in [1.82, 2.24) is 9.97 Å².